The van der Waals surface area contributed by atoms with E-state index in [0.717, 1.165) is 11.8 Å². The van der Waals surface area contributed by atoms with E-state index in [4.69, 9.17) is 4.42 Å². The number of para-hydroxylation sites is 4. The first-order valence-electron chi connectivity index (χ1n) is 7.40. The maximum atomic E-state index is 12.4. The van der Waals surface area contributed by atoms with Crippen LogP contribution in [0.5, 0.6) is 5.75 Å². The second-order valence-corrected chi connectivity index (χ2v) is 6.36. The van der Waals surface area contributed by atoms with Crippen molar-refractivity contribution in [3.8, 4) is 5.75 Å². The number of amides is 1. The molecule has 0 fully saturated rings. The van der Waals surface area contributed by atoms with Gasteiger partial charge in [-0.05, 0) is 31.2 Å². The zero-order chi connectivity index (χ0) is 17.8. The Morgan fingerprint density at radius 3 is 2.68 bits per heavy atom. The molecule has 0 unspecified atom stereocenters. The minimum absolute atomic E-state index is 0.0927. The molecule has 0 aliphatic heterocycles. The molecular formula is C17H14F2N2O3S. The Hall–Kier alpha value is -2.61. The van der Waals surface area contributed by atoms with Crippen LogP contribution in [-0.2, 0) is 4.79 Å². The number of benzene rings is 2. The second-order valence-electron chi connectivity index (χ2n) is 5.07. The summed E-state index contributed by atoms with van der Waals surface area (Å²) in [5, 5.41) is 2.40. The number of nitrogens with zero attached hydrogens (tertiary/aromatic N) is 1. The molecule has 3 rings (SSSR count). The van der Waals surface area contributed by atoms with Gasteiger partial charge in [0.25, 0.3) is 5.22 Å². The Morgan fingerprint density at radius 1 is 1.20 bits per heavy atom. The summed E-state index contributed by atoms with van der Waals surface area (Å²) in [5.41, 5.74) is 1.51. The summed E-state index contributed by atoms with van der Waals surface area (Å²) < 4.78 is 34.8. The first kappa shape index (κ1) is 17.2. The lowest BCUT2D eigenvalue weighted by Crippen LogP contribution is -2.23. The number of ether oxygens (including phenoxy) is 1. The molecule has 1 atom stereocenters. The van der Waals surface area contributed by atoms with Crippen molar-refractivity contribution in [2.24, 2.45) is 0 Å². The monoisotopic (exact) mass is 364 g/mol. The van der Waals surface area contributed by atoms with Crippen LogP contribution in [0.3, 0.4) is 0 Å². The highest BCUT2D eigenvalue weighted by Gasteiger charge is 2.20. The molecule has 0 aliphatic rings. The predicted octanol–water partition coefficient (Wildman–Crippen LogP) is 4.55. The molecule has 1 amide bonds. The van der Waals surface area contributed by atoms with Gasteiger partial charge in [-0.25, -0.2) is 4.98 Å². The molecule has 8 heteroatoms. The van der Waals surface area contributed by atoms with Crippen LogP contribution in [0.1, 0.15) is 6.92 Å². The maximum Gasteiger partial charge on any atom is 0.387 e. The summed E-state index contributed by atoms with van der Waals surface area (Å²) in [6.07, 6.45) is 0. The molecule has 130 valence electrons. The Bertz CT molecular complexity index is 852. The van der Waals surface area contributed by atoms with Crippen LogP contribution in [0.25, 0.3) is 11.1 Å². The third-order valence-electron chi connectivity index (χ3n) is 3.28. The van der Waals surface area contributed by atoms with Crippen LogP contribution in [-0.4, -0.2) is 22.8 Å². The lowest BCUT2D eigenvalue weighted by molar-refractivity contribution is -0.115. The second kappa shape index (κ2) is 7.52. The minimum Gasteiger partial charge on any atom is -0.433 e. The molecule has 2 aromatic carbocycles. The summed E-state index contributed by atoms with van der Waals surface area (Å²) in [5.74, 6) is -0.470. The number of rotatable bonds is 6. The van der Waals surface area contributed by atoms with Crippen LogP contribution in [0.2, 0.25) is 0 Å². The molecular weight excluding hydrogens is 350 g/mol. The summed E-state index contributed by atoms with van der Waals surface area (Å²) in [6, 6.07) is 13.3. The maximum absolute atomic E-state index is 12.4. The number of carbonyl (C=O) groups excluding carboxylic acids is 1. The van der Waals surface area contributed by atoms with E-state index < -0.39 is 11.9 Å². The van der Waals surface area contributed by atoms with Gasteiger partial charge in [-0.1, -0.05) is 36.0 Å². The molecule has 1 heterocycles. The van der Waals surface area contributed by atoms with Crippen LogP contribution in [0, 0.1) is 0 Å². The van der Waals surface area contributed by atoms with Gasteiger partial charge < -0.3 is 14.5 Å². The molecule has 0 bridgehead atoms. The molecule has 1 N–H and O–H groups in total. The van der Waals surface area contributed by atoms with Gasteiger partial charge in [-0.3, -0.25) is 4.79 Å². The van der Waals surface area contributed by atoms with Gasteiger partial charge in [0.2, 0.25) is 5.91 Å². The number of nitrogens with one attached hydrogen (secondary N) is 1. The van der Waals surface area contributed by atoms with Gasteiger partial charge in [0.05, 0.1) is 10.9 Å². The van der Waals surface area contributed by atoms with E-state index in [1.54, 1.807) is 25.1 Å². The quantitative estimate of drug-likeness (QED) is 0.650. The zero-order valence-corrected chi connectivity index (χ0v) is 13.9. The van der Waals surface area contributed by atoms with Crippen molar-refractivity contribution in [3.63, 3.8) is 0 Å². The van der Waals surface area contributed by atoms with Crippen molar-refractivity contribution < 1.29 is 22.7 Å². The van der Waals surface area contributed by atoms with Crippen LogP contribution < -0.4 is 10.1 Å². The van der Waals surface area contributed by atoms with E-state index in [2.05, 4.69) is 15.0 Å². The summed E-state index contributed by atoms with van der Waals surface area (Å²) >= 11 is 1.14. The van der Waals surface area contributed by atoms with Gasteiger partial charge in [0.15, 0.2) is 5.58 Å². The van der Waals surface area contributed by atoms with Crippen molar-refractivity contribution >= 4 is 34.5 Å². The van der Waals surface area contributed by atoms with Crippen molar-refractivity contribution in [3.05, 3.63) is 48.5 Å². The summed E-state index contributed by atoms with van der Waals surface area (Å²) in [6.45, 7) is -1.30. The van der Waals surface area contributed by atoms with E-state index in [1.165, 1.54) is 12.1 Å². The minimum atomic E-state index is -2.97. The third kappa shape index (κ3) is 4.27. The zero-order valence-electron chi connectivity index (χ0n) is 13.1. The van der Waals surface area contributed by atoms with E-state index in [1.807, 2.05) is 18.2 Å². The number of hydrogen-bond donors (Lipinski definition) is 1. The number of aromatic nitrogens is 1. The molecule has 0 saturated carbocycles. The number of oxazole rings is 1. The highest BCUT2D eigenvalue weighted by molar-refractivity contribution is 8.00. The molecule has 0 saturated heterocycles. The van der Waals surface area contributed by atoms with Crippen molar-refractivity contribution in [2.75, 3.05) is 5.32 Å². The molecule has 3 aromatic rings. The molecule has 5 nitrogen and oxygen atoms in total. The number of halogens is 2. The average molecular weight is 364 g/mol. The van der Waals surface area contributed by atoms with Crippen LogP contribution >= 0.6 is 11.8 Å². The Kier molecular flexibility index (Phi) is 5.18. The topological polar surface area (TPSA) is 64.4 Å². The van der Waals surface area contributed by atoms with Gasteiger partial charge in [0.1, 0.15) is 11.3 Å². The normalized spacial score (nSPS) is 12.3. The SMILES string of the molecule is C[C@@H](Sc1nc2ccccc2o1)C(=O)Nc1ccccc1OC(F)F. The summed E-state index contributed by atoms with van der Waals surface area (Å²) in [4.78, 5) is 16.6. The Labute approximate surface area is 146 Å². The van der Waals surface area contributed by atoms with Gasteiger partial charge >= 0.3 is 6.61 Å². The number of carbonyl (C=O) groups is 1. The molecule has 0 radical (unpaired) electrons. The molecule has 25 heavy (non-hydrogen) atoms. The van der Waals surface area contributed by atoms with E-state index in [-0.39, 0.29) is 17.3 Å². The Morgan fingerprint density at radius 2 is 1.92 bits per heavy atom. The number of hydrogen-bond acceptors (Lipinski definition) is 5. The lowest BCUT2D eigenvalue weighted by atomic mass is 10.3. The lowest BCUT2D eigenvalue weighted by Gasteiger charge is -2.13. The largest absolute Gasteiger partial charge is 0.433 e. The Balaban J connectivity index is 1.68. The van der Waals surface area contributed by atoms with Crippen LogP contribution in [0.4, 0.5) is 14.5 Å². The smallest absolute Gasteiger partial charge is 0.387 e. The van der Waals surface area contributed by atoms with E-state index >= 15 is 0 Å². The highest BCUT2D eigenvalue weighted by Crippen LogP contribution is 2.29. The predicted molar refractivity (Wildman–Crippen MR) is 91.0 cm³/mol. The molecule has 1 aromatic heterocycles. The van der Waals surface area contributed by atoms with E-state index in [0.29, 0.717) is 16.3 Å². The number of alkyl halides is 2. The third-order valence-corrected chi connectivity index (χ3v) is 4.23. The standard InChI is InChI=1S/C17H14F2N2O3S/c1-10(25-17-21-12-7-3-5-9-14(12)24-17)15(22)20-11-6-2-4-8-13(11)23-16(18)19/h2-10,16H,1H3,(H,20,22)/t10-/m1/s1. The van der Waals surface area contributed by atoms with Gasteiger partial charge in [-0.15, -0.1) is 0 Å². The fourth-order valence-corrected chi connectivity index (χ4v) is 2.87. The highest BCUT2D eigenvalue weighted by atomic mass is 32.2. The first-order chi connectivity index (χ1) is 12.0. The van der Waals surface area contributed by atoms with Gasteiger partial charge in [-0.2, -0.15) is 8.78 Å². The van der Waals surface area contributed by atoms with Crippen LogP contribution in [0.15, 0.2) is 58.2 Å². The number of anilines is 1. The average Bonchev–Trinajstić information content (AvgIpc) is 2.98. The summed E-state index contributed by atoms with van der Waals surface area (Å²) in [7, 11) is 0. The van der Waals surface area contributed by atoms with Crippen molar-refractivity contribution in [1.29, 1.82) is 0 Å². The number of thioether (sulfide) groups is 1. The van der Waals surface area contributed by atoms with E-state index in [9.17, 15) is 13.6 Å². The first-order valence-corrected chi connectivity index (χ1v) is 8.28. The molecule has 0 aliphatic carbocycles. The fraction of sp³-hybridized carbons (Fsp3) is 0.176. The van der Waals surface area contributed by atoms with Crippen molar-refractivity contribution in [2.45, 2.75) is 24.0 Å². The van der Waals surface area contributed by atoms with Crippen molar-refractivity contribution in [1.82, 2.24) is 4.98 Å². The molecule has 0 spiro atoms. The number of fused-ring (bicyclic) bond motifs is 1. The fourth-order valence-electron chi connectivity index (χ4n) is 2.11. The van der Waals surface area contributed by atoms with Gasteiger partial charge in [0, 0.05) is 0 Å².